The fraction of sp³-hybridized carbons (Fsp3) is 0.562. The zero-order valence-corrected chi connectivity index (χ0v) is 15.6. The topological polar surface area (TPSA) is 36.4 Å². The van der Waals surface area contributed by atoms with E-state index in [0.29, 0.717) is 6.04 Å². The van der Waals surface area contributed by atoms with Crippen molar-refractivity contribution in [2.24, 2.45) is 10.4 Å². The van der Waals surface area contributed by atoms with Crippen LogP contribution in [-0.4, -0.2) is 25.6 Å². The Labute approximate surface area is 140 Å². The Morgan fingerprint density at radius 3 is 2.30 bits per heavy atom. The molecular formula is C16H28IN3. The van der Waals surface area contributed by atoms with Crippen molar-refractivity contribution in [2.75, 3.05) is 13.6 Å². The maximum Gasteiger partial charge on any atom is 0.191 e. The molecular weight excluding hydrogens is 361 g/mol. The van der Waals surface area contributed by atoms with Crippen LogP contribution in [0.4, 0.5) is 0 Å². The first kappa shape index (κ1) is 19.2. The third-order valence-corrected chi connectivity index (χ3v) is 2.91. The predicted molar refractivity (Wildman–Crippen MR) is 99.0 cm³/mol. The van der Waals surface area contributed by atoms with E-state index in [4.69, 9.17) is 0 Å². The van der Waals surface area contributed by atoms with Crippen LogP contribution in [0.2, 0.25) is 0 Å². The number of hydrogen-bond acceptors (Lipinski definition) is 1. The molecule has 4 heteroatoms. The van der Waals surface area contributed by atoms with E-state index < -0.39 is 0 Å². The molecule has 3 nitrogen and oxygen atoms in total. The molecule has 0 aliphatic carbocycles. The average molecular weight is 389 g/mol. The van der Waals surface area contributed by atoms with Gasteiger partial charge in [0, 0.05) is 19.6 Å². The summed E-state index contributed by atoms with van der Waals surface area (Å²) in [7, 11) is 1.81. The maximum atomic E-state index is 4.23. The molecule has 0 bridgehead atoms. The molecule has 0 saturated heterocycles. The van der Waals surface area contributed by atoms with Crippen LogP contribution in [0.1, 0.15) is 33.3 Å². The quantitative estimate of drug-likeness (QED) is 0.460. The second kappa shape index (κ2) is 9.21. The van der Waals surface area contributed by atoms with E-state index >= 15 is 0 Å². The average Bonchev–Trinajstić information content (AvgIpc) is 2.34. The van der Waals surface area contributed by atoms with E-state index in [1.165, 1.54) is 5.56 Å². The van der Waals surface area contributed by atoms with Crippen molar-refractivity contribution >= 4 is 29.9 Å². The highest BCUT2D eigenvalue weighted by atomic mass is 127. The second-order valence-corrected chi connectivity index (χ2v) is 6.05. The number of rotatable bonds is 5. The molecule has 0 aromatic heterocycles. The molecule has 0 aliphatic rings. The summed E-state index contributed by atoms with van der Waals surface area (Å²) >= 11 is 0. The molecule has 0 spiro atoms. The number of halogens is 1. The van der Waals surface area contributed by atoms with Gasteiger partial charge in [-0.15, -0.1) is 24.0 Å². The third-order valence-electron chi connectivity index (χ3n) is 2.91. The van der Waals surface area contributed by atoms with Crippen LogP contribution in [-0.2, 0) is 6.42 Å². The summed E-state index contributed by atoms with van der Waals surface area (Å²) in [6.45, 7) is 9.67. The number of aliphatic imine (C=N–C) groups is 1. The van der Waals surface area contributed by atoms with Crippen LogP contribution in [0, 0.1) is 5.41 Å². The molecule has 0 saturated carbocycles. The number of hydrogen-bond donors (Lipinski definition) is 2. The summed E-state index contributed by atoms with van der Waals surface area (Å²) in [4.78, 5) is 4.23. The van der Waals surface area contributed by atoms with Crippen molar-refractivity contribution in [3.05, 3.63) is 35.9 Å². The van der Waals surface area contributed by atoms with Crippen LogP contribution >= 0.6 is 24.0 Å². The molecule has 1 rings (SSSR count). The predicted octanol–water partition coefficient (Wildman–Crippen LogP) is 3.45. The molecule has 0 heterocycles. The fourth-order valence-corrected chi connectivity index (χ4v) is 2.00. The lowest BCUT2D eigenvalue weighted by molar-refractivity contribution is 0.358. The SMILES string of the molecule is CN=C(NCC(C)(C)Cc1ccccc1)NC(C)C.I. The van der Waals surface area contributed by atoms with Crippen LogP contribution in [0.15, 0.2) is 35.3 Å². The number of benzene rings is 1. The van der Waals surface area contributed by atoms with E-state index in [2.05, 4.69) is 73.7 Å². The first-order valence-corrected chi connectivity index (χ1v) is 6.94. The Hall–Kier alpha value is -0.780. The monoisotopic (exact) mass is 389 g/mol. The van der Waals surface area contributed by atoms with Crippen molar-refractivity contribution in [1.29, 1.82) is 0 Å². The Bertz CT molecular complexity index is 399. The maximum absolute atomic E-state index is 4.23. The number of guanidine groups is 1. The highest BCUT2D eigenvalue weighted by molar-refractivity contribution is 14.0. The summed E-state index contributed by atoms with van der Waals surface area (Å²) in [5.41, 5.74) is 1.57. The van der Waals surface area contributed by atoms with E-state index in [1.54, 1.807) is 0 Å². The van der Waals surface area contributed by atoms with Crippen molar-refractivity contribution < 1.29 is 0 Å². The molecule has 1 aromatic carbocycles. The summed E-state index contributed by atoms with van der Waals surface area (Å²) in [6, 6.07) is 11.0. The second-order valence-electron chi connectivity index (χ2n) is 6.05. The van der Waals surface area contributed by atoms with Crippen LogP contribution in [0.25, 0.3) is 0 Å². The highest BCUT2D eigenvalue weighted by Gasteiger charge is 2.19. The van der Waals surface area contributed by atoms with Gasteiger partial charge in [0.1, 0.15) is 0 Å². The molecule has 0 aliphatic heterocycles. The fourth-order valence-electron chi connectivity index (χ4n) is 2.00. The molecule has 0 unspecified atom stereocenters. The largest absolute Gasteiger partial charge is 0.356 e. The number of nitrogens with one attached hydrogen (secondary N) is 2. The lowest BCUT2D eigenvalue weighted by Crippen LogP contribution is -2.45. The third kappa shape index (κ3) is 7.72. The number of nitrogens with zero attached hydrogens (tertiary/aromatic N) is 1. The lowest BCUT2D eigenvalue weighted by atomic mass is 9.86. The van der Waals surface area contributed by atoms with Gasteiger partial charge in [-0.25, -0.2) is 0 Å². The first-order chi connectivity index (χ1) is 8.93. The van der Waals surface area contributed by atoms with E-state index in [9.17, 15) is 0 Å². The van der Waals surface area contributed by atoms with Gasteiger partial charge >= 0.3 is 0 Å². The van der Waals surface area contributed by atoms with E-state index in [0.717, 1.165) is 18.9 Å². The van der Waals surface area contributed by atoms with Crippen molar-refractivity contribution in [3.63, 3.8) is 0 Å². The summed E-state index contributed by atoms with van der Waals surface area (Å²) in [5, 5.41) is 6.71. The van der Waals surface area contributed by atoms with E-state index in [-0.39, 0.29) is 29.4 Å². The molecule has 114 valence electrons. The molecule has 1 aromatic rings. The van der Waals surface area contributed by atoms with Gasteiger partial charge in [-0.3, -0.25) is 4.99 Å². The zero-order chi connectivity index (χ0) is 14.3. The van der Waals surface area contributed by atoms with Crippen LogP contribution in [0.3, 0.4) is 0 Å². The van der Waals surface area contributed by atoms with Crippen molar-refractivity contribution in [3.8, 4) is 0 Å². The summed E-state index contributed by atoms with van der Waals surface area (Å²) < 4.78 is 0. The Morgan fingerprint density at radius 2 is 1.80 bits per heavy atom. The Balaban J connectivity index is 0.00000361. The highest BCUT2D eigenvalue weighted by Crippen LogP contribution is 2.20. The van der Waals surface area contributed by atoms with Gasteiger partial charge in [-0.05, 0) is 31.2 Å². The normalized spacial score (nSPS) is 12.0. The molecule has 2 N–H and O–H groups in total. The van der Waals surface area contributed by atoms with Crippen molar-refractivity contribution in [1.82, 2.24) is 10.6 Å². The van der Waals surface area contributed by atoms with Crippen LogP contribution in [0.5, 0.6) is 0 Å². The standard InChI is InChI=1S/C16H27N3.HI/c1-13(2)19-15(17-5)18-12-16(3,4)11-14-9-7-6-8-10-14;/h6-10,13H,11-12H2,1-5H3,(H2,17,18,19);1H. The van der Waals surface area contributed by atoms with Gasteiger partial charge in [0.25, 0.3) is 0 Å². The minimum atomic E-state index is 0. The van der Waals surface area contributed by atoms with Crippen LogP contribution < -0.4 is 10.6 Å². The van der Waals surface area contributed by atoms with Gasteiger partial charge in [-0.1, -0.05) is 44.2 Å². The van der Waals surface area contributed by atoms with Gasteiger partial charge < -0.3 is 10.6 Å². The van der Waals surface area contributed by atoms with E-state index in [1.807, 2.05) is 7.05 Å². The Morgan fingerprint density at radius 1 is 1.20 bits per heavy atom. The van der Waals surface area contributed by atoms with Gasteiger partial charge in [0.2, 0.25) is 0 Å². The van der Waals surface area contributed by atoms with Gasteiger partial charge in [0.05, 0.1) is 0 Å². The minimum Gasteiger partial charge on any atom is -0.356 e. The smallest absolute Gasteiger partial charge is 0.191 e. The first-order valence-electron chi connectivity index (χ1n) is 6.94. The molecule has 0 radical (unpaired) electrons. The van der Waals surface area contributed by atoms with Gasteiger partial charge in [-0.2, -0.15) is 0 Å². The Kier molecular flexibility index (Phi) is 8.85. The molecule has 0 atom stereocenters. The lowest BCUT2D eigenvalue weighted by Gasteiger charge is -2.26. The van der Waals surface area contributed by atoms with Gasteiger partial charge in [0.15, 0.2) is 5.96 Å². The molecule has 20 heavy (non-hydrogen) atoms. The summed E-state index contributed by atoms with van der Waals surface area (Å²) in [5.74, 6) is 0.871. The summed E-state index contributed by atoms with van der Waals surface area (Å²) in [6.07, 6.45) is 1.06. The zero-order valence-electron chi connectivity index (χ0n) is 13.2. The molecule has 0 fully saturated rings. The molecule has 0 amide bonds. The van der Waals surface area contributed by atoms with Crippen molar-refractivity contribution in [2.45, 2.75) is 40.2 Å². The minimum absolute atomic E-state index is 0.